The molecular formula is C14H18O3. The molecule has 2 unspecified atom stereocenters. The predicted octanol–water partition coefficient (Wildman–Crippen LogP) is 2.42. The van der Waals surface area contributed by atoms with Gasteiger partial charge < -0.3 is 4.74 Å². The summed E-state index contributed by atoms with van der Waals surface area (Å²) in [5, 5.41) is 0. The van der Waals surface area contributed by atoms with Gasteiger partial charge in [0.2, 0.25) is 0 Å². The Labute approximate surface area is 102 Å². The molecule has 0 aromatic heterocycles. The Morgan fingerprint density at radius 2 is 1.94 bits per heavy atom. The molecule has 0 amide bonds. The van der Waals surface area contributed by atoms with Crippen LogP contribution in [0.2, 0.25) is 0 Å². The molecule has 2 aliphatic carbocycles. The van der Waals surface area contributed by atoms with E-state index in [0.717, 1.165) is 24.8 Å². The summed E-state index contributed by atoms with van der Waals surface area (Å²) < 4.78 is 4.79. The molecule has 92 valence electrons. The van der Waals surface area contributed by atoms with E-state index in [1.54, 1.807) is 0 Å². The highest BCUT2D eigenvalue weighted by atomic mass is 16.5. The van der Waals surface area contributed by atoms with Crippen LogP contribution in [0.5, 0.6) is 0 Å². The minimum Gasteiger partial charge on any atom is -0.466 e. The maximum absolute atomic E-state index is 12.1. The number of hydrogen-bond acceptors (Lipinski definition) is 3. The second-order valence-electron chi connectivity index (χ2n) is 4.68. The summed E-state index contributed by atoms with van der Waals surface area (Å²) in [6.07, 6.45) is 7.37. The lowest BCUT2D eigenvalue weighted by atomic mass is 9.91. The van der Waals surface area contributed by atoms with Gasteiger partial charge in [-0.2, -0.15) is 0 Å². The number of Topliss-reactive ketones (excluding diaryl/α,β-unsaturated/α-hetero) is 1. The van der Waals surface area contributed by atoms with Crippen molar-refractivity contribution in [2.45, 2.75) is 32.6 Å². The molecule has 17 heavy (non-hydrogen) atoms. The fourth-order valence-corrected chi connectivity index (χ4v) is 2.73. The highest BCUT2D eigenvalue weighted by molar-refractivity contribution is 6.06. The molecule has 0 fully saturated rings. The number of allylic oxidation sites excluding steroid dienone is 3. The van der Waals surface area contributed by atoms with E-state index in [2.05, 4.69) is 13.0 Å². The number of carbonyl (C=O) groups is 2. The molecule has 2 atom stereocenters. The van der Waals surface area contributed by atoms with Gasteiger partial charge in [0, 0.05) is 23.8 Å². The minimum atomic E-state index is -0.332. The fraction of sp³-hybridized carbons (Fsp3) is 0.571. The van der Waals surface area contributed by atoms with Gasteiger partial charge in [0.25, 0.3) is 0 Å². The molecule has 0 aromatic carbocycles. The van der Waals surface area contributed by atoms with Gasteiger partial charge in [0.15, 0.2) is 5.78 Å². The van der Waals surface area contributed by atoms with Gasteiger partial charge in [-0.25, -0.2) is 4.79 Å². The Kier molecular flexibility index (Phi) is 3.46. The molecule has 2 aliphatic rings. The van der Waals surface area contributed by atoms with Crippen LogP contribution in [-0.4, -0.2) is 18.9 Å². The molecule has 0 spiro atoms. The Balaban J connectivity index is 2.24. The van der Waals surface area contributed by atoms with Crippen molar-refractivity contribution in [2.75, 3.05) is 7.11 Å². The number of fused-ring (bicyclic) bond motifs is 2. The molecule has 0 aliphatic heterocycles. The van der Waals surface area contributed by atoms with Crippen molar-refractivity contribution in [1.82, 2.24) is 0 Å². The third kappa shape index (κ3) is 2.06. The first-order valence-electron chi connectivity index (χ1n) is 6.23. The topological polar surface area (TPSA) is 43.4 Å². The monoisotopic (exact) mass is 234 g/mol. The Bertz CT molecular complexity index is 404. The van der Waals surface area contributed by atoms with Crippen LogP contribution in [0.25, 0.3) is 0 Å². The second-order valence-corrected chi connectivity index (χ2v) is 4.68. The molecule has 0 heterocycles. The zero-order valence-electron chi connectivity index (χ0n) is 10.4. The maximum Gasteiger partial charge on any atom is 0.334 e. The second kappa shape index (κ2) is 4.86. The first-order valence-corrected chi connectivity index (χ1v) is 6.23. The quantitative estimate of drug-likeness (QED) is 0.542. The van der Waals surface area contributed by atoms with E-state index in [-0.39, 0.29) is 23.6 Å². The molecule has 0 saturated heterocycles. The van der Waals surface area contributed by atoms with E-state index in [1.165, 1.54) is 7.11 Å². The van der Waals surface area contributed by atoms with Crippen molar-refractivity contribution in [2.24, 2.45) is 11.8 Å². The van der Waals surface area contributed by atoms with Crippen molar-refractivity contribution in [1.29, 1.82) is 0 Å². The third-order valence-electron chi connectivity index (χ3n) is 3.58. The molecular weight excluding hydrogens is 216 g/mol. The first kappa shape index (κ1) is 12.1. The number of ether oxygens (including phenoxy) is 1. The predicted molar refractivity (Wildman–Crippen MR) is 64.3 cm³/mol. The summed E-state index contributed by atoms with van der Waals surface area (Å²) in [6.45, 7) is 2.06. The van der Waals surface area contributed by atoms with E-state index < -0.39 is 0 Å². The highest BCUT2D eigenvalue weighted by Gasteiger charge is 2.41. The molecule has 2 rings (SSSR count). The highest BCUT2D eigenvalue weighted by Crippen LogP contribution is 2.45. The number of unbranched alkanes of at least 4 members (excludes halogenated alkanes) is 1. The number of ketones is 1. The van der Waals surface area contributed by atoms with Gasteiger partial charge in [-0.05, 0) is 12.8 Å². The van der Waals surface area contributed by atoms with Gasteiger partial charge in [-0.3, -0.25) is 4.79 Å². The van der Waals surface area contributed by atoms with E-state index in [1.807, 2.05) is 6.08 Å². The van der Waals surface area contributed by atoms with Crippen LogP contribution in [0.3, 0.4) is 0 Å². The van der Waals surface area contributed by atoms with Gasteiger partial charge >= 0.3 is 5.97 Å². The number of methoxy groups -OCH3 is 1. The van der Waals surface area contributed by atoms with Crippen molar-refractivity contribution < 1.29 is 14.3 Å². The van der Waals surface area contributed by atoms with E-state index in [4.69, 9.17) is 4.74 Å². The normalized spacial score (nSPS) is 25.5. The molecule has 0 aromatic rings. The number of rotatable bonds is 5. The lowest BCUT2D eigenvalue weighted by Crippen LogP contribution is -2.16. The molecule has 0 saturated carbocycles. The van der Waals surface area contributed by atoms with Crippen molar-refractivity contribution >= 4 is 11.8 Å². The summed E-state index contributed by atoms with van der Waals surface area (Å²) in [5.41, 5.74) is 1.33. The van der Waals surface area contributed by atoms with Crippen LogP contribution in [0.1, 0.15) is 32.6 Å². The molecule has 2 bridgehead atoms. The minimum absolute atomic E-state index is 0.105. The van der Waals surface area contributed by atoms with Crippen molar-refractivity contribution in [3.05, 3.63) is 23.3 Å². The van der Waals surface area contributed by atoms with Crippen LogP contribution in [-0.2, 0) is 14.3 Å². The van der Waals surface area contributed by atoms with E-state index in [9.17, 15) is 9.59 Å². The van der Waals surface area contributed by atoms with Crippen LogP contribution < -0.4 is 0 Å². The molecule has 3 heteroatoms. The summed E-state index contributed by atoms with van der Waals surface area (Å²) in [7, 11) is 1.37. The number of carbonyl (C=O) groups excluding carboxylic acids is 2. The van der Waals surface area contributed by atoms with Crippen LogP contribution in [0, 0.1) is 11.8 Å². The van der Waals surface area contributed by atoms with E-state index in [0.29, 0.717) is 12.0 Å². The maximum atomic E-state index is 12.1. The lowest BCUT2D eigenvalue weighted by molar-refractivity contribution is -0.136. The van der Waals surface area contributed by atoms with Gasteiger partial charge in [-0.1, -0.05) is 25.5 Å². The van der Waals surface area contributed by atoms with Crippen LogP contribution in [0.4, 0.5) is 0 Å². The first-order chi connectivity index (χ1) is 8.19. The average Bonchev–Trinajstić information content (AvgIpc) is 2.94. The molecule has 0 N–H and O–H groups in total. The fourth-order valence-electron chi connectivity index (χ4n) is 2.73. The molecule has 3 nitrogen and oxygen atoms in total. The van der Waals surface area contributed by atoms with Gasteiger partial charge in [-0.15, -0.1) is 0 Å². The number of esters is 1. The SMILES string of the molecule is CCCCC(=O)C1=C(C(=O)OC)C2C=CC1C2. The van der Waals surface area contributed by atoms with Gasteiger partial charge in [0.1, 0.15) is 0 Å². The zero-order valence-corrected chi connectivity index (χ0v) is 10.4. The van der Waals surface area contributed by atoms with Crippen LogP contribution >= 0.6 is 0 Å². The summed E-state index contributed by atoms with van der Waals surface area (Å²) in [6, 6.07) is 0. The Morgan fingerprint density at radius 1 is 1.29 bits per heavy atom. The third-order valence-corrected chi connectivity index (χ3v) is 3.58. The van der Waals surface area contributed by atoms with Crippen molar-refractivity contribution in [3.8, 4) is 0 Å². The largest absolute Gasteiger partial charge is 0.466 e. The smallest absolute Gasteiger partial charge is 0.334 e. The standard InChI is InChI=1S/C14H18O3/c1-3-4-5-11(15)12-9-6-7-10(8-9)13(12)14(16)17-2/h6-7,9-10H,3-5,8H2,1-2H3. The van der Waals surface area contributed by atoms with E-state index >= 15 is 0 Å². The van der Waals surface area contributed by atoms with Crippen molar-refractivity contribution in [3.63, 3.8) is 0 Å². The molecule has 0 radical (unpaired) electrons. The average molecular weight is 234 g/mol. The summed E-state index contributed by atoms with van der Waals surface area (Å²) in [4.78, 5) is 23.9. The Morgan fingerprint density at radius 3 is 2.53 bits per heavy atom. The van der Waals surface area contributed by atoms with Gasteiger partial charge in [0.05, 0.1) is 12.7 Å². The summed E-state index contributed by atoms with van der Waals surface area (Å²) in [5.74, 6) is 0.0530. The zero-order chi connectivity index (χ0) is 12.4. The Hall–Kier alpha value is -1.38. The number of hydrogen-bond donors (Lipinski definition) is 0. The summed E-state index contributed by atoms with van der Waals surface area (Å²) >= 11 is 0. The van der Waals surface area contributed by atoms with Crippen LogP contribution in [0.15, 0.2) is 23.3 Å². The lowest BCUT2D eigenvalue weighted by Gasteiger charge is -2.13.